The Labute approximate surface area is 87.3 Å². The van der Waals surface area contributed by atoms with Gasteiger partial charge in [0.25, 0.3) is 0 Å². The zero-order valence-corrected chi connectivity index (χ0v) is 8.64. The van der Waals surface area contributed by atoms with E-state index in [1.54, 1.807) is 11.8 Å². The molecule has 1 fully saturated rings. The molecule has 0 unspecified atom stereocenters. The summed E-state index contributed by atoms with van der Waals surface area (Å²) in [6.07, 6.45) is 2.66. The van der Waals surface area contributed by atoms with E-state index >= 15 is 0 Å². The lowest BCUT2D eigenvalue weighted by Gasteiger charge is -2.08. The Morgan fingerprint density at radius 3 is 3.07 bits per heavy atom. The highest BCUT2D eigenvalue weighted by atomic mass is 32.2. The molecular formula is C11H12O2S. The molecule has 1 aromatic rings. The molecule has 1 aromatic carbocycles. The lowest BCUT2D eigenvalue weighted by atomic mass is 10.1. The lowest BCUT2D eigenvalue weighted by Crippen LogP contribution is -2.10. The summed E-state index contributed by atoms with van der Waals surface area (Å²) in [5.41, 5.74) is 0.784. The minimum absolute atomic E-state index is 0.403. The second-order valence-electron chi connectivity index (χ2n) is 4.09. The van der Waals surface area contributed by atoms with Crippen molar-refractivity contribution in [3.05, 3.63) is 23.8 Å². The topological polar surface area (TPSA) is 29.5 Å². The Morgan fingerprint density at radius 2 is 2.29 bits per heavy atom. The number of benzene rings is 1. The zero-order chi connectivity index (χ0) is 9.60. The fraction of sp³-hybridized carbons (Fsp3) is 0.455. The molecule has 1 heterocycles. The number of hydrogen-bond acceptors (Lipinski definition) is 3. The smallest absolute Gasteiger partial charge is 0.138 e. The van der Waals surface area contributed by atoms with Crippen molar-refractivity contribution in [2.75, 3.05) is 5.94 Å². The number of hydrogen-bond donors (Lipinski definition) is 1. The van der Waals surface area contributed by atoms with E-state index < -0.39 is 5.60 Å². The van der Waals surface area contributed by atoms with Gasteiger partial charge in [0.1, 0.15) is 11.7 Å². The average Bonchev–Trinajstić information content (AvgIpc) is 2.73. The van der Waals surface area contributed by atoms with Crippen molar-refractivity contribution in [1.29, 1.82) is 0 Å². The second-order valence-corrected chi connectivity index (χ2v) is 5.05. The van der Waals surface area contributed by atoms with Gasteiger partial charge in [-0.1, -0.05) is 17.8 Å². The van der Waals surface area contributed by atoms with Gasteiger partial charge in [0.2, 0.25) is 0 Å². The van der Waals surface area contributed by atoms with Gasteiger partial charge in [-0.05, 0) is 30.5 Å². The number of thioether (sulfide) groups is 1. The summed E-state index contributed by atoms with van der Waals surface area (Å²) in [5, 5.41) is 9.78. The molecule has 3 rings (SSSR count). The predicted octanol–water partition coefficient (Wildman–Crippen LogP) is 2.20. The summed E-state index contributed by atoms with van der Waals surface area (Å²) in [5.74, 6) is 1.71. The van der Waals surface area contributed by atoms with E-state index in [2.05, 4.69) is 18.2 Å². The Kier molecular flexibility index (Phi) is 1.79. The monoisotopic (exact) mass is 208 g/mol. The third-order valence-corrected chi connectivity index (χ3v) is 3.68. The number of rotatable bonds is 2. The van der Waals surface area contributed by atoms with Gasteiger partial charge in [0.05, 0.1) is 10.5 Å². The van der Waals surface area contributed by atoms with Crippen molar-refractivity contribution in [3.63, 3.8) is 0 Å². The van der Waals surface area contributed by atoms with Gasteiger partial charge >= 0.3 is 0 Å². The molecule has 14 heavy (non-hydrogen) atoms. The molecule has 0 aromatic heterocycles. The van der Waals surface area contributed by atoms with Crippen molar-refractivity contribution < 1.29 is 9.84 Å². The van der Waals surface area contributed by atoms with Crippen LogP contribution in [-0.4, -0.2) is 16.6 Å². The maximum absolute atomic E-state index is 9.78. The van der Waals surface area contributed by atoms with Crippen molar-refractivity contribution in [2.45, 2.75) is 29.8 Å². The maximum Gasteiger partial charge on any atom is 0.138 e. The molecule has 0 radical (unpaired) electrons. The fourth-order valence-corrected chi connectivity index (χ4v) is 2.49. The largest absolute Gasteiger partial charge is 0.481 e. The molecular weight excluding hydrogens is 196 g/mol. The molecule has 0 amide bonds. The molecule has 0 saturated heterocycles. The molecule has 1 aliphatic carbocycles. The summed E-state index contributed by atoms with van der Waals surface area (Å²) in [7, 11) is 0. The average molecular weight is 208 g/mol. The van der Waals surface area contributed by atoms with Gasteiger partial charge in [-0.2, -0.15) is 0 Å². The minimum atomic E-state index is -0.403. The van der Waals surface area contributed by atoms with Crippen LogP contribution < -0.4 is 4.74 Å². The van der Waals surface area contributed by atoms with Crippen molar-refractivity contribution in [2.24, 2.45) is 0 Å². The van der Waals surface area contributed by atoms with Crippen LogP contribution in [0.1, 0.15) is 18.4 Å². The molecule has 74 valence electrons. The zero-order valence-electron chi connectivity index (χ0n) is 7.82. The van der Waals surface area contributed by atoms with E-state index in [0.29, 0.717) is 0 Å². The summed E-state index contributed by atoms with van der Waals surface area (Å²) in [6.45, 7) is 0. The molecule has 0 bridgehead atoms. The van der Waals surface area contributed by atoms with Crippen LogP contribution in [0, 0.1) is 0 Å². The minimum Gasteiger partial charge on any atom is -0.481 e. The van der Waals surface area contributed by atoms with Gasteiger partial charge in [0, 0.05) is 6.42 Å². The predicted molar refractivity (Wildman–Crippen MR) is 55.7 cm³/mol. The Morgan fingerprint density at radius 1 is 1.43 bits per heavy atom. The highest BCUT2D eigenvalue weighted by Gasteiger charge is 2.40. The quantitative estimate of drug-likeness (QED) is 0.808. The maximum atomic E-state index is 9.78. The summed E-state index contributed by atoms with van der Waals surface area (Å²) in [4.78, 5) is 1.22. The van der Waals surface area contributed by atoms with Gasteiger partial charge in [-0.25, -0.2) is 0 Å². The van der Waals surface area contributed by atoms with Crippen LogP contribution in [0.5, 0.6) is 5.75 Å². The van der Waals surface area contributed by atoms with E-state index in [0.717, 1.165) is 31.0 Å². The van der Waals surface area contributed by atoms with Crippen LogP contribution in [0.2, 0.25) is 0 Å². The number of aliphatic hydroxyl groups is 1. The summed E-state index contributed by atoms with van der Waals surface area (Å²) in [6, 6.07) is 6.25. The molecule has 2 aliphatic rings. The summed E-state index contributed by atoms with van der Waals surface area (Å²) >= 11 is 1.73. The van der Waals surface area contributed by atoms with E-state index in [-0.39, 0.29) is 0 Å². The number of fused-ring (bicyclic) bond motifs is 1. The van der Waals surface area contributed by atoms with Crippen LogP contribution in [0.3, 0.4) is 0 Å². The van der Waals surface area contributed by atoms with Gasteiger partial charge < -0.3 is 9.84 Å². The van der Waals surface area contributed by atoms with Crippen molar-refractivity contribution >= 4 is 11.8 Å². The molecule has 1 N–H and O–H groups in total. The van der Waals surface area contributed by atoms with Crippen molar-refractivity contribution in [1.82, 2.24) is 0 Å². The first-order chi connectivity index (χ1) is 6.75. The van der Waals surface area contributed by atoms with Crippen molar-refractivity contribution in [3.8, 4) is 5.75 Å². The second kappa shape index (κ2) is 2.91. The van der Waals surface area contributed by atoms with E-state index in [9.17, 15) is 5.11 Å². The first-order valence-corrected chi connectivity index (χ1v) is 5.85. The van der Waals surface area contributed by atoms with Gasteiger partial charge in [-0.15, -0.1) is 0 Å². The van der Waals surface area contributed by atoms with Gasteiger partial charge in [-0.3, -0.25) is 0 Å². The van der Waals surface area contributed by atoms with Gasteiger partial charge in [0.15, 0.2) is 0 Å². The van der Waals surface area contributed by atoms with Crippen LogP contribution >= 0.6 is 11.8 Å². The fourth-order valence-electron chi connectivity index (χ4n) is 1.75. The first kappa shape index (κ1) is 8.62. The Hall–Kier alpha value is -0.670. The van der Waals surface area contributed by atoms with Crippen LogP contribution in [-0.2, 0) is 6.42 Å². The summed E-state index contributed by atoms with van der Waals surface area (Å²) < 4.78 is 5.46. The normalized spacial score (nSPS) is 21.5. The highest BCUT2D eigenvalue weighted by Crippen LogP contribution is 2.41. The van der Waals surface area contributed by atoms with E-state index in [4.69, 9.17) is 4.74 Å². The standard InChI is InChI=1S/C11H12O2S/c12-11(3-4-11)6-8-1-2-10-9(5-8)13-7-14-10/h1-2,5,12H,3-4,6-7H2. The van der Waals surface area contributed by atoms with E-state index in [1.807, 2.05) is 0 Å². The van der Waals surface area contributed by atoms with Crippen LogP contribution in [0.4, 0.5) is 0 Å². The number of ether oxygens (including phenoxy) is 1. The lowest BCUT2D eigenvalue weighted by molar-refractivity contribution is 0.151. The molecule has 0 atom stereocenters. The Balaban J connectivity index is 1.85. The van der Waals surface area contributed by atoms with Crippen LogP contribution in [0.15, 0.2) is 23.1 Å². The molecule has 0 spiro atoms. The third-order valence-electron chi connectivity index (χ3n) is 2.80. The third kappa shape index (κ3) is 1.51. The molecule has 2 nitrogen and oxygen atoms in total. The molecule has 3 heteroatoms. The molecule has 1 aliphatic heterocycles. The highest BCUT2D eigenvalue weighted by molar-refractivity contribution is 7.99. The van der Waals surface area contributed by atoms with Crippen LogP contribution in [0.25, 0.3) is 0 Å². The Bertz CT molecular complexity index is 372. The SMILES string of the molecule is OC1(Cc2ccc3c(c2)OCS3)CC1. The van der Waals surface area contributed by atoms with E-state index in [1.165, 1.54) is 10.5 Å². The first-order valence-electron chi connectivity index (χ1n) is 4.86. The molecule has 1 saturated carbocycles.